The van der Waals surface area contributed by atoms with Crippen LogP contribution in [0.1, 0.15) is 13.3 Å². The molecule has 0 N–H and O–H groups in total. The molecule has 0 fully saturated rings. The predicted molar refractivity (Wildman–Crippen MR) is 40.4 cm³/mol. The van der Waals surface area contributed by atoms with Crippen molar-refractivity contribution in [1.82, 2.24) is 0 Å². The van der Waals surface area contributed by atoms with Gasteiger partial charge in [-0.2, -0.15) is 10.5 Å². The van der Waals surface area contributed by atoms with Crippen molar-refractivity contribution in [3.05, 3.63) is 11.1 Å². The largest absolute Gasteiger partial charge is 0.380 e. The Labute approximate surface area is 66.5 Å². The summed E-state index contributed by atoms with van der Waals surface area (Å²) in [4.78, 5) is 0. The van der Waals surface area contributed by atoms with Gasteiger partial charge in [-0.15, -0.1) is 0 Å². The predicted octanol–water partition coefficient (Wildman–Crippen LogP) is 1.39. The molecule has 0 aromatic rings. The number of hydrogen-bond acceptors (Lipinski definition) is 3. The average Bonchev–Trinajstić information content (AvgIpc) is 2.05. The van der Waals surface area contributed by atoms with E-state index in [1.807, 2.05) is 19.1 Å². The SMILES string of the molecule is CCC(COC)=C(C#N)C#N. The topological polar surface area (TPSA) is 56.8 Å². The highest BCUT2D eigenvalue weighted by atomic mass is 16.5. The lowest BCUT2D eigenvalue weighted by atomic mass is 10.1. The second-order valence-corrected chi connectivity index (χ2v) is 1.99. The fraction of sp³-hybridized carbons (Fsp3) is 0.500. The summed E-state index contributed by atoms with van der Waals surface area (Å²) in [6.45, 7) is 2.26. The maximum Gasteiger partial charge on any atom is 0.131 e. The molecule has 0 unspecified atom stereocenters. The molecule has 3 nitrogen and oxygen atoms in total. The lowest BCUT2D eigenvalue weighted by molar-refractivity contribution is 0.223. The van der Waals surface area contributed by atoms with E-state index in [0.717, 1.165) is 5.57 Å². The lowest BCUT2D eigenvalue weighted by Gasteiger charge is -2.00. The van der Waals surface area contributed by atoms with Crippen LogP contribution in [0.2, 0.25) is 0 Å². The summed E-state index contributed by atoms with van der Waals surface area (Å²) in [6.07, 6.45) is 0.685. The highest BCUT2D eigenvalue weighted by molar-refractivity contribution is 5.40. The molecule has 0 aliphatic carbocycles. The molecule has 0 rings (SSSR count). The lowest BCUT2D eigenvalue weighted by Crippen LogP contribution is -1.96. The highest BCUT2D eigenvalue weighted by Crippen LogP contribution is 2.06. The summed E-state index contributed by atoms with van der Waals surface area (Å²) in [5, 5.41) is 16.9. The molecule has 0 atom stereocenters. The quantitative estimate of drug-likeness (QED) is 0.571. The first-order valence-electron chi connectivity index (χ1n) is 3.31. The van der Waals surface area contributed by atoms with Crippen LogP contribution in [0.25, 0.3) is 0 Å². The van der Waals surface area contributed by atoms with E-state index in [0.29, 0.717) is 13.0 Å². The number of rotatable bonds is 3. The Bertz CT molecular complexity index is 213. The van der Waals surface area contributed by atoms with Gasteiger partial charge in [0.15, 0.2) is 0 Å². The van der Waals surface area contributed by atoms with E-state index in [4.69, 9.17) is 15.3 Å². The monoisotopic (exact) mass is 150 g/mol. The summed E-state index contributed by atoms with van der Waals surface area (Å²) in [5.74, 6) is 0. The van der Waals surface area contributed by atoms with Gasteiger partial charge in [-0.1, -0.05) is 6.92 Å². The maximum atomic E-state index is 8.47. The molecule has 3 heteroatoms. The van der Waals surface area contributed by atoms with Gasteiger partial charge < -0.3 is 4.74 Å². The smallest absolute Gasteiger partial charge is 0.131 e. The molecule has 0 heterocycles. The van der Waals surface area contributed by atoms with E-state index in [1.165, 1.54) is 0 Å². The molecule has 0 aromatic carbocycles. The first kappa shape index (κ1) is 9.68. The maximum absolute atomic E-state index is 8.47. The molecule has 0 spiro atoms. The van der Waals surface area contributed by atoms with Gasteiger partial charge in [0.2, 0.25) is 0 Å². The van der Waals surface area contributed by atoms with Crippen molar-refractivity contribution < 1.29 is 4.74 Å². The Morgan fingerprint density at radius 1 is 1.36 bits per heavy atom. The zero-order valence-electron chi connectivity index (χ0n) is 6.72. The summed E-state index contributed by atoms with van der Waals surface area (Å²) >= 11 is 0. The Morgan fingerprint density at radius 3 is 2.18 bits per heavy atom. The standard InChI is InChI=1S/C8H10N2O/c1-3-7(6-11-2)8(4-9)5-10/h3,6H2,1-2H3. The fourth-order valence-electron chi connectivity index (χ4n) is 0.708. The second-order valence-electron chi connectivity index (χ2n) is 1.99. The van der Waals surface area contributed by atoms with Crippen LogP contribution >= 0.6 is 0 Å². The van der Waals surface area contributed by atoms with Crippen LogP contribution in [0.4, 0.5) is 0 Å². The van der Waals surface area contributed by atoms with Crippen molar-refractivity contribution in [2.45, 2.75) is 13.3 Å². The summed E-state index contributed by atoms with van der Waals surface area (Å²) in [7, 11) is 1.54. The van der Waals surface area contributed by atoms with E-state index >= 15 is 0 Å². The van der Waals surface area contributed by atoms with Crippen LogP contribution in [0.5, 0.6) is 0 Å². The Kier molecular flexibility index (Phi) is 4.81. The van der Waals surface area contributed by atoms with Crippen molar-refractivity contribution >= 4 is 0 Å². The normalized spacial score (nSPS) is 8.00. The van der Waals surface area contributed by atoms with Gasteiger partial charge in [0, 0.05) is 7.11 Å². The minimum absolute atomic E-state index is 0.175. The summed E-state index contributed by atoms with van der Waals surface area (Å²) in [5.41, 5.74) is 0.937. The number of ether oxygens (including phenoxy) is 1. The third kappa shape index (κ3) is 2.84. The molecule has 0 aromatic heterocycles. The van der Waals surface area contributed by atoms with Crippen LogP contribution < -0.4 is 0 Å². The molecule has 58 valence electrons. The van der Waals surface area contributed by atoms with Gasteiger partial charge in [-0.3, -0.25) is 0 Å². The Morgan fingerprint density at radius 2 is 1.91 bits per heavy atom. The number of nitrogens with zero attached hydrogens (tertiary/aromatic N) is 2. The number of allylic oxidation sites excluding steroid dienone is 1. The summed E-state index contributed by atoms with van der Waals surface area (Å²) < 4.78 is 4.82. The van der Waals surface area contributed by atoms with Crippen LogP contribution in [0, 0.1) is 22.7 Å². The third-order valence-corrected chi connectivity index (χ3v) is 1.32. The van der Waals surface area contributed by atoms with Crippen LogP contribution in [0.3, 0.4) is 0 Å². The molecular formula is C8H10N2O. The molecule has 0 saturated heterocycles. The van der Waals surface area contributed by atoms with Crippen LogP contribution in [0.15, 0.2) is 11.1 Å². The fourth-order valence-corrected chi connectivity index (χ4v) is 0.708. The van der Waals surface area contributed by atoms with Gasteiger partial charge in [0.05, 0.1) is 6.61 Å². The second kappa shape index (κ2) is 5.46. The van der Waals surface area contributed by atoms with E-state index in [9.17, 15) is 0 Å². The van der Waals surface area contributed by atoms with Gasteiger partial charge in [0.1, 0.15) is 17.7 Å². The molecule has 0 saturated carbocycles. The average molecular weight is 150 g/mol. The molecule has 0 aliphatic rings. The molecule has 0 aliphatic heterocycles. The van der Waals surface area contributed by atoms with Crippen LogP contribution in [-0.2, 0) is 4.74 Å². The Hall–Kier alpha value is -1.32. The van der Waals surface area contributed by atoms with E-state index < -0.39 is 0 Å². The van der Waals surface area contributed by atoms with Crippen LogP contribution in [-0.4, -0.2) is 13.7 Å². The molecular weight excluding hydrogens is 140 g/mol. The van der Waals surface area contributed by atoms with Crippen molar-refractivity contribution in [1.29, 1.82) is 10.5 Å². The van der Waals surface area contributed by atoms with Crippen molar-refractivity contribution in [3.8, 4) is 12.1 Å². The first-order valence-corrected chi connectivity index (χ1v) is 3.31. The van der Waals surface area contributed by atoms with Crippen molar-refractivity contribution in [2.24, 2.45) is 0 Å². The van der Waals surface area contributed by atoms with Crippen molar-refractivity contribution in [2.75, 3.05) is 13.7 Å². The van der Waals surface area contributed by atoms with Gasteiger partial charge in [-0.05, 0) is 12.0 Å². The zero-order valence-corrected chi connectivity index (χ0v) is 6.72. The van der Waals surface area contributed by atoms with Gasteiger partial charge in [0.25, 0.3) is 0 Å². The number of methoxy groups -OCH3 is 1. The molecule has 0 amide bonds. The number of nitriles is 2. The van der Waals surface area contributed by atoms with Crippen molar-refractivity contribution in [3.63, 3.8) is 0 Å². The Balaban J connectivity index is 4.55. The number of hydrogen-bond donors (Lipinski definition) is 0. The van der Waals surface area contributed by atoms with Gasteiger partial charge >= 0.3 is 0 Å². The minimum atomic E-state index is 0.175. The zero-order chi connectivity index (χ0) is 8.69. The van der Waals surface area contributed by atoms with E-state index in [1.54, 1.807) is 7.11 Å². The van der Waals surface area contributed by atoms with E-state index in [2.05, 4.69) is 0 Å². The summed E-state index contributed by atoms with van der Waals surface area (Å²) in [6, 6.07) is 3.65. The highest BCUT2D eigenvalue weighted by Gasteiger charge is 2.02. The molecule has 0 bridgehead atoms. The third-order valence-electron chi connectivity index (χ3n) is 1.32. The molecule has 11 heavy (non-hydrogen) atoms. The van der Waals surface area contributed by atoms with Gasteiger partial charge in [-0.25, -0.2) is 0 Å². The van der Waals surface area contributed by atoms with E-state index in [-0.39, 0.29) is 5.57 Å². The minimum Gasteiger partial charge on any atom is -0.380 e. The molecule has 0 radical (unpaired) electrons. The first-order chi connectivity index (χ1) is 5.29.